The minimum atomic E-state index is -0.566. The van der Waals surface area contributed by atoms with E-state index in [2.05, 4.69) is 10.3 Å². The Kier molecular flexibility index (Phi) is 5.39. The van der Waals surface area contributed by atoms with Crippen molar-refractivity contribution >= 4 is 29.8 Å². The number of pyridine rings is 1. The molecule has 1 aromatic rings. The van der Waals surface area contributed by atoms with Gasteiger partial charge in [-0.2, -0.15) is 0 Å². The Morgan fingerprint density at radius 1 is 1.34 bits per heavy atom. The molecule has 1 aromatic heterocycles. The van der Waals surface area contributed by atoms with Gasteiger partial charge in [0.25, 0.3) is 11.8 Å². The Morgan fingerprint density at radius 3 is 2.79 bits per heavy atom. The van der Waals surface area contributed by atoms with E-state index in [0.29, 0.717) is 6.42 Å². The van der Waals surface area contributed by atoms with E-state index in [1.165, 1.54) is 16.8 Å². The number of hydrogen-bond acceptors (Lipinski definition) is 7. The third kappa shape index (κ3) is 3.78. The van der Waals surface area contributed by atoms with Crippen LogP contribution in [0.4, 0.5) is 4.79 Å². The number of nitrogens with one attached hydrogen (secondary N) is 1. The molecular formula is C19H25N5O4S. The summed E-state index contributed by atoms with van der Waals surface area (Å²) in [7, 11) is 0. The molecule has 4 amide bonds. The third-order valence-electron chi connectivity index (χ3n) is 6.15. The van der Waals surface area contributed by atoms with E-state index >= 15 is 0 Å². The minimum absolute atomic E-state index is 0.0337. The van der Waals surface area contributed by atoms with Gasteiger partial charge in [0.2, 0.25) is 5.88 Å². The first kappa shape index (κ1) is 20.0. The van der Waals surface area contributed by atoms with Gasteiger partial charge in [0.05, 0.1) is 0 Å². The van der Waals surface area contributed by atoms with E-state index in [0.717, 1.165) is 37.9 Å². The van der Waals surface area contributed by atoms with E-state index in [4.69, 9.17) is 15.6 Å². The van der Waals surface area contributed by atoms with Crippen LogP contribution in [0.25, 0.3) is 0 Å². The van der Waals surface area contributed by atoms with Crippen molar-refractivity contribution in [3.05, 3.63) is 23.9 Å². The molecule has 0 radical (unpaired) electrons. The van der Waals surface area contributed by atoms with Crippen molar-refractivity contribution in [2.75, 3.05) is 5.75 Å². The van der Waals surface area contributed by atoms with Crippen molar-refractivity contribution in [1.29, 1.82) is 0 Å². The molecule has 4 rings (SSSR count). The number of amides is 4. The summed E-state index contributed by atoms with van der Waals surface area (Å²) < 4.78 is 5.86. The highest BCUT2D eigenvalue weighted by Gasteiger charge is 2.58. The molecule has 1 saturated heterocycles. The summed E-state index contributed by atoms with van der Waals surface area (Å²) in [6, 6.07) is 2.48. The van der Waals surface area contributed by atoms with Crippen molar-refractivity contribution in [2.45, 2.75) is 56.7 Å². The second-order valence-electron chi connectivity index (χ2n) is 8.15. The topological polar surface area (TPSA) is 141 Å². The highest BCUT2D eigenvalue weighted by molar-refractivity contribution is 7.97. The van der Waals surface area contributed by atoms with Crippen molar-refractivity contribution in [3.8, 4) is 5.88 Å². The summed E-state index contributed by atoms with van der Waals surface area (Å²) in [5.41, 5.74) is 5.74. The highest BCUT2D eigenvalue weighted by atomic mass is 32.2. The number of nitrogens with zero attached hydrogens (tertiary/aromatic N) is 2. The van der Waals surface area contributed by atoms with Gasteiger partial charge in [-0.05, 0) is 56.1 Å². The van der Waals surface area contributed by atoms with Crippen LogP contribution in [-0.2, 0) is 4.79 Å². The van der Waals surface area contributed by atoms with Crippen molar-refractivity contribution in [1.82, 2.24) is 15.2 Å². The molecule has 3 aliphatic rings. The van der Waals surface area contributed by atoms with Gasteiger partial charge in [-0.15, -0.1) is 0 Å². The normalized spacial score (nSPS) is 30.7. The highest BCUT2D eigenvalue weighted by Crippen LogP contribution is 2.58. The molecule has 0 aromatic carbocycles. The lowest BCUT2D eigenvalue weighted by atomic mass is 9.52. The SMILES string of the molecule is NSCCCC1NC(=O)N([C@H]2CC3(C[C@H](Oc4ncccc4C(N)=O)C3)C2)C1=O. The van der Waals surface area contributed by atoms with Crippen LogP contribution < -0.4 is 20.9 Å². The predicted octanol–water partition coefficient (Wildman–Crippen LogP) is 1.18. The summed E-state index contributed by atoms with van der Waals surface area (Å²) in [6.45, 7) is 0. The van der Waals surface area contributed by atoms with Crippen LogP contribution in [0.3, 0.4) is 0 Å². The summed E-state index contributed by atoms with van der Waals surface area (Å²) in [5.74, 6) is 0.345. The molecule has 1 atom stereocenters. The molecule has 2 saturated carbocycles. The molecule has 2 aliphatic carbocycles. The van der Waals surface area contributed by atoms with Crippen LogP contribution in [0.2, 0.25) is 0 Å². The number of rotatable bonds is 8. The summed E-state index contributed by atoms with van der Waals surface area (Å²) in [5, 5.41) is 8.21. The molecule has 1 spiro atoms. The number of urea groups is 1. The van der Waals surface area contributed by atoms with E-state index in [1.54, 1.807) is 18.3 Å². The lowest BCUT2D eigenvalue weighted by Gasteiger charge is -2.58. The average molecular weight is 420 g/mol. The Bertz CT molecular complexity index is 821. The van der Waals surface area contributed by atoms with Gasteiger partial charge in [-0.25, -0.2) is 9.78 Å². The monoisotopic (exact) mass is 419 g/mol. The van der Waals surface area contributed by atoms with Gasteiger partial charge in [0, 0.05) is 18.0 Å². The molecule has 10 heteroatoms. The Hall–Kier alpha value is -2.33. The minimum Gasteiger partial charge on any atom is -0.474 e. The van der Waals surface area contributed by atoms with Gasteiger partial charge in [0.1, 0.15) is 17.7 Å². The van der Waals surface area contributed by atoms with Gasteiger partial charge in [-0.3, -0.25) is 19.6 Å². The zero-order valence-corrected chi connectivity index (χ0v) is 16.8. The number of aromatic nitrogens is 1. The second-order valence-corrected chi connectivity index (χ2v) is 8.90. The molecule has 5 N–H and O–H groups in total. The quantitative estimate of drug-likeness (QED) is 0.326. The molecule has 3 fully saturated rings. The third-order valence-corrected chi connectivity index (χ3v) is 6.67. The maximum Gasteiger partial charge on any atom is 0.325 e. The molecular weight excluding hydrogens is 394 g/mol. The number of carbonyl (C=O) groups is 3. The van der Waals surface area contributed by atoms with Crippen molar-refractivity contribution in [3.63, 3.8) is 0 Å². The Labute approximate surface area is 173 Å². The summed E-state index contributed by atoms with van der Waals surface area (Å²) in [4.78, 5) is 41.9. The lowest BCUT2D eigenvalue weighted by Crippen LogP contribution is -2.60. The summed E-state index contributed by atoms with van der Waals surface area (Å²) >= 11 is 1.24. The van der Waals surface area contributed by atoms with Crippen molar-refractivity contribution in [2.24, 2.45) is 16.3 Å². The molecule has 1 aliphatic heterocycles. The molecule has 29 heavy (non-hydrogen) atoms. The van der Waals surface area contributed by atoms with Crippen LogP contribution in [0, 0.1) is 5.41 Å². The van der Waals surface area contributed by atoms with E-state index in [9.17, 15) is 14.4 Å². The maximum absolute atomic E-state index is 12.6. The van der Waals surface area contributed by atoms with Crippen molar-refractivity contribution < 1.29 is 19.1 Å². The Balaban J connectivity index is 1.28. The molecule has 156 valence electrons. The van der Waals surface area contributed by atoms with E-state index in [-0.39, 0.29) is 40.9 Å². The zero-order valence-electron chi connectivity index (χ0n) is 16.0. The molecule has 9 nitrogen and oxygen atoms in total. The number of primary amides is 1. The number of imide groups is 1. The molecule has 2 heterocycles. The smallest absolute Gasteiger partial charge is 0.325 e. The van der Waals surface area contributed by atoms with Crippen LogP contribution in [0.5, 0.6) is 5.88 Å². The van der Waals surface area contributed by atoms with Gasteiger partial charge in [0.15, 0.2) is 0 Å². The fourth-order valence-corrected chi connectivity index (χ4v) is 5.07. The number of hydrogen-bond donors (Lipinski definition) is 3. The standard InChI is InChI=1S/C19H25N5O4S/c20-15(25)13-3-1-5-22-16(13)28-12-9-19(10-12)7-11(8-19)24-17(26)14(23-18(24)27)4-2-6-29-21/h1,3,5,11-12,14H,2,4,6-10,21H2,(H2,20,25)(H,23,27)/t11-,12-,14?,19?. The first-order valence-electron chi connectivity index (χ1n) is 9.79. The van der Waals surface area contributed by atoms with Crippen LogP contribution in [0.15, 0.2) is 18.3 Å². The molecule has 1 unspecified atom stereocenters. The summed E-state index contributed by atoms with van der Waals surface area (Å²) in [6.07, 6.45) is 6.16. The van der Waals surface area contributed by atoms with E-state index < -0.39 is 11.9 Å². The fourth-order valence-electron chi connectivity index (χ4n) is 4.74. The lowest BCUT2D eigenvalue weighted by molar-refractivity contribution is -0.140. The number of ether oxygens (including phenoxy) is 1. The van der Waals surface area contributed by atoms with Crippen LogP contribution in [0.1, 0.15) is 48.9 Å². The first-order chi connectivity index (χ1) is 13.9. The largest absolute Gasteiger partial charge is 0.474 e. The second kappa shape index (κ2) is 7.83. The van der Waals surface area contributed by atoms with Crippen LogP contribution in [-0.4, -0.2) is 51.7 Å². The van der Waals surface area contributed by atoms with E-state index in [1.807, 2.05) is 0 Å². The zero-order chi connectivity index (χ0) is 20.6. The van der Waals surface area contributed by atoms with Gasteiger partial charge >= 0.3 is 6.03 Å². The molecule has 0 bridgehead atoms. The average Bonchev–Trinajstić information content (AvgIpc) is 2.90. The fraction of sp³-hybridized carbons (Fsp3) is 0.579. The first-order valence-corrected chi connectivity index (χ1v) is 10.8. The maximum atomic E-state index is 12.6. The predicted molar refractivity (Wildman–Crippen MR) is 107 cm³/mol. The van der Waals surface area contributed by atoms with Crippen LogP contribution >= 0.6 is 11.9 Å². The number of nitrogens with two attached hydrogens (primary N) is 2. The van der Waals surface area contributed by atoms with Gasteiger partial charge in [-0.1, -0.05) is 11.9 Å². The number of carbonyl (C=O) groups excluding carboxylic acids is 3. The van der Waals surface area contributed by atoms with Gasteiger partial charge < -0.3 is 15.8 Å². The Morgan fingerprint density at radius 2 is 2.10 bits per heavy atom.